The number of hydrogen-bond donors (Lipinski definition) is 2. The minimum atomic E-state index is -1.13. The number of aryl methyl sites for hydroxylation is 1. The lowest BCUT2D eigenvalue weighted by Gasteiger charge is -2.09. The van der Waals surface area contributed by atoms with Gasteiger partial charge in [0, 0.05) is 6.42 Å². The van der Waals surface area contributed by atoms with Crippen LogP contribution in [-0.2, 0) is 13.0 Å². The van der Waals surface area contributed by atoms with E-state index in [2.05, 4.69) is 10.3 Å². The van der Waals surface area contributed by atoms with E-state index in [1.165, 1.54) is 16.8 Å². The van der Waals surface area contributed by atoms with E-state index in [0.717, 1.165) is 11.1 Å². The lowest BCUT2D eigenvalue weighted by atomic mass is 10.1. The SMILES string of the molecule is Cc1cc(F)ccc1Cn1nnc(C(=O)O)c1CCN. The molecular weight excluding hydrogens is 263 g/mol. The molecule has 0 saturated heterocycles. The number of halogens is 1. The Morgan fingerprint density at radius 1 is 1.50 bits per heavy atom. The Labute approximate surface area is 115 Å². The molecule has 0 atom stereocenters. The number of hydrogen-bond acceptors (Lipinski definition) is 4. The number of benzene rings is 1. The van der Waals surface area contributed by atoms with Gasteiger partial charge in [-0.1, -0.05) is 11.3 Å². The predicted octanol–water partition coefficient (Wildman–Crippen LogP) is 0.973. The van der Waals surface area contributed by atoms with Crippen LogP contribution in [0.25, 0.3) is 0 Å². The van der Waals surface area contributed by atoms with Crippen molar-refractivity contribution in [1.82, 2.24) is 15.0 Å². The lowest BCUT2D eigenvalue weighted by Crippen LogP contribution is -2.14. The Hall–Kier alpha value is -2.28. The first-order valence-corrected chi connectivity index (χ1v) is 6.13. The van der Waals surface area contributed by atoms with Crippen molar-refractivity contribution in [3.8, 4) is 0 Å². The van der Waals surface area contributed by atoms with E-state index in [9.17, 15) is 9.18 Å². The number of carboxylic acid groups (broad SMARTS) is 1. The van der Waals surface area contributed by atoms with Gasteiger partial charge in [0.1, 0.15) is 5.82 Å². The first-order valence-electron chi connectivity index (χ1n) is 6.13. The van der Waals surface area contributed by atoms with Crippen LogP contribution in [0, 0.1) is 12.7 Å². The van der Waals surface area contributed by atoms with Gasteiger partial charge in [0.2, 0.25) is 0 Å². The summed E-state index contributed by atoms with van der Waals surface area (Å²) in [5.74, 6) is -1.44. The number of aromatic carboxylic acids is 1. The molecule has 2 aromatic rings. The molecule has 0 bridgehead atoms. The van der Waals surface area contributed by atoms with E-state index >= 15 is 0 Å². The minimum absolute atomic E-state index is 0.0878. The van der Waals surface area contributed by atoms with Gasteiger partial charge in [-0.15, -0.1) is 5.10 Å². The van der Waals surface area contributed by atoms with Crippen LogP contribution in [0.4, 0.5) is 4.39 Å². The van der Waals surface area contributed by atoms with Gasteiger partial charge >= 0.3 is 5.97 Å². The molecule has 6 nitrogen and oxygen atoms in total. The van der Waals surface area contributed by atoms with E-state index in [0.29, 0.717) is 25.2 Å². The van der Waals surface area contributed by atoms with Crippen molar-refractivity contribution in [2.45, 2.75) is 19.9 Å². The Morgan fingerprint density at radius 2 is 2.25 bits per heavy atom. The molecule has 0 spiro atoms. The number of aromatic nitrogens is 3. The number of carbonyl (C=O) groups is 1. The summed E-state index contributed by atoms with van der Waals surface area (Å²) in [6, 6.07) is 4.44. The molecule has 2 rings (SSSR count). The highest BCUT2D eigenvalue weighted by molar-refractivity contribution is 5.86. The molecule has 1 aromatic heterocycles. The van der Waals surface area contributed by atoms with E-state index in [-0.39, 0.29) is 11.5 Å². The van der Waals surface area contributed by atoms with Gasteiger partial charge in [0.15, 0.2) is 5.69 Å². The Balaban J connectivity index is 2.35. The molecule has 0 aliphatic rings. The highest BCUT2D eigenvalue weighted by Gasteiger charge is 2.18. The molecule has 0 unspecified atom stereocenters. The van der Waals surface area contributed by atoms with Crippen LogP contribution in [-0.4, -0.2) is 32.6 Å². The molecule has 0 radical (unpaired) electrons. The smallest absolute Gasteiger partial charge is 0.358 e. The highest BCUT2D eigenvalue weighted by Crippen LogP contribution is 2.14. The Morgan fingerprint density at radius 3 is 2.85 bits per heavy atom. The summed E-state index contributed by atoms with van der Waals surface area (Å²) in [5, 5.41) is 16.6. The third-order valence-corrected chi connectivity index (χ3v) is 3.05. The van der Waals surface area contributed by atoms with Crippen molar-refractivity contribution in [2.75, 3.05) is 6.54 Å². The fourth-order valence-corrected chi connectivity index (χ4v) is 2.01. The topological polar surface area (TPSA) is 94.0 Å². The quantitative estimate of drug-likeness (QED) is 0.850. The Kier molecular flexibility index (Phi) is 4.09. The summed E-state index contributed by atoms with van der Waals surface area (Å²) in [6.45, 7) is 2.42. The molecule has 0 aliphatic carbocycles. The fraction of sp³-hybridized carbons (Fsp3) is 0.308. The third-order valence-electron chi connectivity index (χ3n) is 3.05. The van der Waals surface area contributed by atoms with Crippen LogP contribution < -0.4 is 5.73 Å². The molecule has 3 N–H and O–H groups in total. The van der Waals surface area contributed by atoms with Crippen molar-refractivity contribution < 1.29 is 14.3 Å². The molecule has 1 heterocycles. The average Bonchev–Trinajstić information content (AvgIpc) is 2.77. The second kappa shape index (κ2) is 5.79. The molecule has 1 aromatic carbocycles. The number of rotatable bonds is 5. The van der Waals surface area contributed by atoms with Gasteiger partial charge in [-0.3, -0.25) is 0 Å². The summed E-state index contributed by atoms with van der Waals surface area (Å²) in [5.41, 5.74) is 7.50. The zero-order chi connectivity index (χ0) is 14.7. The summed E-state index contributed by atoms with van der Waals surface area (Å²) in [6.07, 6.45) is 0.370. The number of nitrogens with two attached hydrogens (primary N) is 1. The van der Waals surface area contributed by atoms with Crippen molar-refractivity contribution in [1.29, 1.82) is 0 Å². The van der Waals surface area contributed by atoms with E-state index in [1.54, 1.807) is 13.0 Å². The van der Waals surface area contributed by atoms with Crippen molar-refractivity contribution in [2.24, 2.45) is 5.73 Å². The van der Waals surface area contributed by atoms with Gasteiger partial charge in [0.25, 0.3) is 0 Å². The van der Waals surface area contributed by atoms with Crippen molar-refractivity contribution in [3.05, 3.63) is 46.5 Å². The van der Waals surface area contributed by atoms with Crippen LogP contribution in [0.1, 0.15) is 27.3 Å². The molecule has 0 amide bonds. The van der Waals surface area contributed by atoms with Gasteiger partial charge in [0.05, 0.1) is 12.2 Å². The molecule has 0 fully saturated rings. The zero-order valence-electron chi connectivity index (χ0n) is 11.0. The maximum atomic E-state index is 13.1. The van der Waals surface area contributed by atoms with Crippen LogP contribution in [0.15, 0.2) is 18.2 Å². The van der Waals surface area contributed by atoms with Crippen molar-refractivity contribution >= 4 is 5.97 Å². The van der Waals surface area contributed by atoms with Gasteiger partial charge in [-0.25, -0.2) is 13.9 Å². The third kappa shape index (κ3) is 2.83. The van der Waals surface area contributed by atoms with E-state index in [1.807, 2.05) is 0 Å². The van der Waals surface area contributed by atoms with Crippen LogP contribution in [0.2, 0.25) is 0 Å². The molecular formula is C13H15FN4O2. The second-order valence-electron chi connectivity index (χ2n) is 4.46. The normalized spacial score (nSPS) is 10.8. The van der Waals surface area contributed by atoms with Gasteiger partial charge < -0.3 is 10.8 Å². The first kappa shape index (κ1) is 14.1. The highest BCUT2D eigenvalue weighted by atomic mass is 19.1. The van der Waals surface area contributed by atoms with E-state index < -0.39 is 5.97 Å². The second-order valence-corrected chi connectivity index (χ2v) is 4.46. The largest absolute Gasteiger partial charge is 0.476 e. The summed E-state index contributed by atoms with van der Waals surface area (Å²) in [7, 11) is 0. The van der Waals surface area contributed by atoms with Crippen molar-refractivity contribution in [3.63, 3.8) is 0 Å². The molecule has 0 saturated carbocycles. The van der Waals surface area contributed by atoms with Gasteiger partial charge in [-0.2, -0.15) is 0 Å². The Bertz CT molecular complexity index is 639. The summed E-state index contributed by atoms with van der Waals surface area (Å²) in [4.78, 5) is 11.1. The van der Waals surface area contributed by atoms with E-state index in [4.69, 9.17) is 10.8 Å². The predicted molar refractivity (Wildman–Crippen MR) is 70.0 cm³/mol. The summed E-state index contributed by atoms with van der Waals surface area (Å²) < 4.78 is 14.6. The number of nitrogens with zero attached hydrogens (tertiary/aromatic N) is 3. The van der Waals surface area contributed by atoms with Crippen LogP contribution >= 0.6 is 0 Å². The zero-order valence-corrected chi connectivity index (χ0v) is 11.0. The van der Waals surface area contributed by atoms with Crippen LogP contribution in [0.3, 0.4) is 0 Å². The first-order chi connectivity index (χ1) is 9.52. The molecule has 106 valence electrons. The maximum absolute atomic E-state index is 13.1. The summed E-state index contributed by atoms with van der Waals surface area (Å²) >= 11 is 0. The molecule has 7 heteroatoms. The lowest BCUT2D eigenvalue weighted by molar-refractivity contribution is 0.0689. The van der Waals surface area contributed by atoms with Gasteiger partial charge in [-0.05, 0) is 36.7 Å². The average molecular weight is 278 g/mol. The standard InChI is InChI=1S/C13H15FN4O2/c1-8-6-10(14)3-2-9(8)7-18-11(4-5-15)12(13(19)20)16-17-18/h2-3,6H,4-5,7,15H2,1H3,(H,19,20). The molecule has 20 heavy (non-hydrogen) atoms. The maximum Gasteiger partial charge on any atom is 0.358 e. The molecule has 0 aliphatic heterocycles. The number of carboxylic acids is 1. The minimum Gasteiger partial charge on any atom is -0.476 e. The monoisotopic (exact) mass is 278 g/mol. The fourth-order valence-electron chi connectivity index (χ4n) is 2.01. The van der Waals surface area contributed by atoms with Crippen LogP contribution in [0.5, 0.6) is 0 Å².